The molecule has 0 radical (unpaired) electrons. The van der Waals surface area contributed by atoms with Gasteiger partial charge in [-0.1, -0.05) is 13.8 Å². The van der Waals surface area contributed by atoms with Gasteiger partial charge in [-0.05, 0) is 74.5 Å². The number of nitrogens with zero attached hydrogens (tertiary/aromatic N) is 3. The first-order chi connectivity index (χ1) is 14.6. The highest BCUT2D eigenvalue weighted by Gasteiger charge is 2.60. The smallest absolute Gasteiger partial charge is 0.293 e. The van der Waals surface area contributed by atoms with Crippen molar-refractivity contribution in [2.45, 2.75) is 57.9 Å². The first kappa shape index (κ1) is 20.7. The van der Waals surface area contributed by atoms with Crippen molar-refractivity contribution >= 4 is 17.3 Å². The molecule has 0 aromatic heterocycles. The number of hydrogen-bond acceptors (Lipinski definition) is 5. The maximum Gasteiger partial charge on any atom is 0.293 e. The average Bonchev–Trinajstić information content (AvgIpc) is 2.65. The van der Waals surface area contributed by atoms with Gasteiger partial charge in [-0.25, -0.2) is 0 Å². The van der Waals surface area contributed by atoms with Crippen molar-refractivity contribution in [3.8, 4) is 0 Å². The Kier molecular flexibility index (Phi) is 4.63. The normalized spacial score (nSPS) is 37.1. The second-order valence-electron chi connectivity index (χ2n) is 11.6. The molecule has 2 atom stereocenters. The van der Waals surface area contributed by atoms with E-state index in [1.165, 1.54) is 25.3 Å². The molecule has 1 aromatic carbocycles. The molecule has 0 spiro atoms. The molecule has 1 saturated heterocycles. The van der Waals surface area contributed by atoms with Crippen molar-refractivity contribution in [3.63, 3.8) is 0 Å². The summed E-state index contributed by atoms with van der Waals surface area (Å²) in [6.45, 7) is 8.02. The number of piperazine rings is 1. The van der Waals surface area contributed by atoms with Gasteiger partial charge in [-0.15, -0.1) is 0 Å². The zero-order chi connectivity index (χ0) is 22.0. The van der Waals surface area contributed by atoms with E-state index in [9.17, 15) is 14.9 Å². The van der Waals surface area contributed by atoms with Crippen LogP contribution in [0.1, 0.15) is 62.7 Å². The number of carbonyl (C=O) groups excluding carboxylic acids is 1. The molecule has 4 bridgehead atoms. The predicted octanol–water partition coefficient (Wildman–Crippen LogP) is 3.83. The molecule has 1 aromatic rings. The zero-order valence-corrected chi connectivity index (χ0v) is 18.9. The number of likely N-dealkylation sites (N-methyl/N-ethyl adjacent to an activating group) is 1. The Morgan fingerprint density at radius 2 is 1.71 bits per heavy atom. The van der Waals surface area contributed by atoms with E-state index in [1.807, 2.05) is 0 Å². The Hall–Kier alpha value is -2.15. The minimum Gasteiger partial charge on any atom is -0.363 e. The van der Waals surface area contributed by atoms with Crippen molar-refractivity contribution in [2.75, 3.05) is 38.1 Å². The highest BCUT2D eigenvalue weighted by molar-refractivity contribution is 5.96. The minimum atomic E-state index is -0.350. The Morgan fingerprint density at radius 1 is 1.06 bits per heavy atom. The molecule has 7 nitrogen and oxygen atoms in total. The van der Waals surface area contributed by atoms with Crippen LogP contribution >= 0.6 is 0 Å². The van der Waals surface area contributed by atoms with Crippen LogP contribution in [-0.2, 0) is 0 Å². The highest BCUT2D eigenvalue weighted by Crippen LogP contribution is 2.66. The van der Waals surface area contributed by atoms with Crippen LogP contribution in [0, 0.1) is 26.9 Å². The van der Waals surface area contributed by atoms with Crippen molar-refractivity contribution < 1.29 is 9.72 Å². The van der Waals surface area contributed by atoms with Crippen LogP contribution in [0.3, 0.4) is 0 Å². The summed E-state index contributed by atoms with van der Waals surface area (Å²) in [7, 11) is 2.06. The van der Waals surface area contributed by atoms with Crippen molar-refractivity contribution in [1.82, 2.24) is 10.2 Å². The molecule has 7 heteroatoms. The number of nitro groups is 1. The monoisotopic (exact) mass is 426 g/mol. The van der Waals surface area contributed by atoms with Gasteiger partial charge in [0.25, 0.3) is 11.6 Å². The summed E-state index contributed by atoms with van der Waals surface area (Å²) in [5.74, 6) is 0.516. The lowest BCUT2D eigenvalue weighted by molar-refractivity contribution is -0.384. The number of anilines is 1. The summed E-state index contributed by atoms with van der Waals surface area (Å²) in [6.07, 6.45) is 6.89. The van der Waals surface area contributed by atoms with Gasteiger partial charge in [0, 0.05) is 43.3 Å². The first-order valence-corrected chi connectivity index (χ1v) is 11.6. The number of nitrogens with one attached hydrogen (secondary N) is 1. The van der Waals surface area contributed by atoms with Gasteiger partial charge in [-0.3, -0.25) is 14.9 Å². The fourth-order valence-electron chi connectivity index (χ4n) is 8.03. The number of rotatable bonds is 4. The summed E-state index contributed by atoms with van der Waals surface area (Å²) in [5, 5.41) is 15.2. The average molecular weight is 427 g/mol. The van der Waals surface area contributed by atoms with Gasteiger partial charge < -0.3 is 15.1 Å². The fraction of sp³-hybridized carbons (Fsp3) is 0.708. The molecule has 0 unspecified atom stereocenters. The Balaban J connectivity index is 1.39. The lowest BCUT2D eigenvalue weighted by atomic mass is 9.43. The Labute approximate surface area is 184 Å². The molecule has 1 aliphatic heterocycles. The van der Waals surface area contributed by atoms with Crippen LogP contribution in [0.15, 0.2) is 18.2 Å². The lowest BCUT2D eigenvalue weighted by Crippen LogP contribution is -2.65. The highest BCUT2D eigenvalue weighted by atomic mass is 16.6. The van der Waals surface area contributed by atoms with E-state index in [1.54, 1.807) is 12.1 Å². The summed E-state index contributed by atoms with van der Waals surface area (Å²) < 4.78 is 0. The molecule has 5 aliphatic rings. The Bertz CT molecular complexity index is 905. The summed E-state index contributed by atoms with van der Waals surface area (Å²) in [4.78, 5) is 29.0. The standard InChI is InChI=1S/C24H34N4O3/c1-22-11-17-12-23(2,14-22)16-24(13-17,15-22)25-21(29)18-4-5-19(20(10-18)28(30)31)27-8-6-26(3)7-9-27/h4-5,10,17H,6-9,11-16H2,1-3H3,(H,25,29)/t17?,22-,23-,24?/m0/s1. The number of nitro benzene ring substituents is 1. The van der Waals surface area contributed by atoms with Gasteiger partial charge in [0.05, 0.1) is 4.92 Å². The van der Waals surface area contributed by atoms with Gasteiger partial charge in [0.15, 0.2) is 0 Å². The number of hydrogen-bond donors (Lipinski definition) is 1. The van der Waals surface area contributed by atoms with Crippen LogP contribution in [-0.4, -0.2) is 54.5 Å². The van der Waals surface area contributed by atoms with Crippen molar-refractivity contribution in [1.29, 1.82) is 0 Å². The van der Waals surface area contributed by atoms with Crippen LogP contribution in [0.4, 0.5) is 11.4 Å². The van der Waals surface area contributed by atoms with E-state index in [2.05, 4.69) is 36.0 Å². The summed E-state index contributed by atoms with van der Waals surface area (Å²) in [5.41, 5.74) is 1.49. The molecule has 31 heavy (non-hydrogen) atoms. The predicted molar refractivity (Wildman–Crippen MR) is 120 cm³/mol. The van der Waals surface area contributed by atoms with Gasteiger partial charge >= 0.3 is 0 Å². The minimum absolute atomic E-state index is 0.0293. The number of carbonyl (C=O) groups is 1. The summed E-state index contributed by atoms with van der Waals surface area (Å²) in [6, 6.07) is 5.01. The molecule has 4 saturated carbocycles. The molecule has 6 rings (SSSR count). The summed E-state index contributed by atoms with van der Waals surface area (Å²) >= 11 is 0. The quantitative estimate of drug-likeness (QED) is 0.585. The van der Waals surface area contributed by atoms with Gasteiger partial charge in [0.1, 0.15) is 5.69 Å². The molecular formula is C24H34N4O3. The van der Waals surface area contributed by atoms with Crippen LogP contribution in [0.2, 0.25) is 0 Å². The first-order valence-electron chi connectivity index (χ1n) is 11.6. The topological polar surface area (TPSA) is 78.7 Å². The molecular weight excluding hydrogens is 392 g/mol. The van der Waals surface area contributed by atoms with E-state index in [0.29, 0.717) is 28.0 Å². The van der Waals surface area contributed by atoms with Gasteiger partial charge in [0.2, 0.25) is 0 Å². The molecule has 1 N–H and O–H groups in total. The van der Waals surface area contributed by atoms with Crippen LogP contribution in [0.25, 0.3) is 0 Å². The van der Waals surface area contributed by atoms with E-state index in [4.69, 9.17) is 0 Å². The molecule has 1 amide bonds. The van der Waals surface area contributed by atoms with Crippen LogP contribution < -0.4 is 10.2 Å². The van der Waals surface area contributed by atoms with E-state index in [0.717, 1.165) is 45.4 Å². The van der Waals surface area contributed by atoms with E-state index < -0.39 is 0 Å². The van der Waals surface area contributed by atoms with E-state index >= 15 is 0 Å². The molecule has 4 aliphatic carbocycles. The second-order valence-corrected chi connectivity index (χ2v) is 11.6. The second kappa shape index (κ2) is 6.92. The molecule has 1 heterocycles. The van der Waals surface area contributed by atoms with Crippen molar-refractivity contribution in [3.05, 3.63) is 33.9 Å². The number of amides is 1. The van der Waals surface area contributed by atoms with Crippen LogP contribution in [0.5, 0.6) is 0 Å². The third-order valence-electron chi connectivity index (χ3n) is 8.28. The molecule has 5 fully saturated rings. The SMILES string of the molecule is CN1CCN(c2ccc(C(=O)NC34CC5C[C@](C)(C3)C[C@](C)(C5)C4)cc2[N+](=O)[O-])CC1. The van der Waals surface area contributed by atoms with Gasteiger partial charge in [-0.2, -0.15) is 0 Å². The maximum atomic E-state index is 13.3. The fourth-order valence-corrected chi connectivity index (χ4v) is 8.03. The maximum absolute atomic E-state index is 13.3. The van der Waals surface area contributed by atoms with Crippen molar-refractivity contribution in [2.24, 2.45) is 16.7 Å². The largest absolute Gasteiger partial charge is 0.363 e. The molecule has 168 valence electrons. The Morgan fingerprint density at radius 3 is 2.29 bits per heavy atom. The number of benzene rings is 1. The third-order valence-corrected chi connectivity index (χ3v) is 8.28. The third kappa shape index (κ3) is 3.71. The van der Waals surface area contributed by atoms with E-state index in [-0.39, 0.29) is 22.1 Å². The zero-order valence-electron chi connectivity index (χ0n) is 18.9. The lowest BCUT2D eigenvalue weighted by Gasteiger charge is -2.65.